The average Bonchev–Trinajstić information content (AvgIpc) is 2.89. The van der Waals surface area contributed by atoms with Gasteiger partial charge in [0.25, 0.3) is 0 Å². The van der Waals surface area contributed by atoms with Crippen molar-refractivity contribution in [1.29, 1.82) is 0 Å². The predicted octanol–water partition coefficient (Wildman–Crippen LogP) is 5.82. The molecule has 35 heavy (non-hydrogen) atoms. The van der Waals surface area contributed by atoms with Crippen LogP contribution in [0.5, 0.6) is 0 Å². The van der Waals surface area contributed by atoms with E-state index in [0.29, 0.717) is 28.6 Å². The van der Waals surface area contributed by atoms with E-state index in [1.807, 2.05) is 33.3 Å². The molecule has 11 heteroatoms. The third kappa shape index (κ3) is 6.45. The lowest BCUT2D eigenvalue weighted by atomic mass is 10.0. The van der Waals surface area contributed by atoms with Crippen LogP contribution in [0.2, 0.25) is 0 Å². The third-order valence-corrected chi connectivity index (χ3v) is 5.80. The Morgan fingerprint density at radius 3 is 2.63 bits per heavy atom. The molecule has 6 nitrogen and oxygen atoms in total. The molecule has 1 aliphatic heterocycles. The van der Waals surface area contributed by atoms with Gasteiger partial charge in [-0.3, -0.25) is 4.98 Å². The van der Waals surface area contributed by atoms with E-state index in [4.69, 9.17) is 12.2 Å². The first kappa shape index (κ1) is 26.8. The van der Waals surface area contributed by atoms with Crippen LogP contribution in [0.3, 0.4) is 0 Å². The molecule has 0 amide bonds. The molecule has 0 unspecified atom stereocenters. The number of aromatic nitrogens is 3. The SMILES string of the molecule is Cc1ncc(CCCN(C)C)cc1Nc1ncc2c(n1)-c1ccc(C(F)(F)F)cc1NC(=S)C2.Cl. The van der Waals surface area contributed by atoms with E-state index in [1.54, 1.807) is 6.20 Å². The molecule has 0 radical (unpaired) electrons. The number of hydrogen-bond acceptors (Lipinski definition) is 6. The molecule has 0 fully saturated rings. The number of benzene rings is 1. The van der Waals surface area contributed by atoms with Crippen molar-refractivity contribution >= 4 is 46.9 Å². The van der Waals surface area contributed by atoms with Crippen molar-refractivity contribution in [1.82, 2.24) is 19.9 Å². The van der Waals surface area contributed by atoms with Crippen LogP contribution < -0.4 is 10.6 Å². The molecule has 1 aliphatic rings. The molecule has 3 heterocycles. The topological polar surface area (TPSA) is 66.0 Å². The summed E-state index contributed by atoms with van der Waals surface area (Å²) in [6.45, 7) is 2.88. The lowest BCUT2D eigenvalue weighted by molar-refractivity contribution is -0.137. The van der Waals surface area contributed by atoms with Crippen LogP contribution in [-0.4, -0.2) is 45.5 Å². The second-order valence-electron chi connectivity index (χ2n) is 8.56. The Morgan fingerprint density at radius 2 is 1.91 bits per heavy atom. The number of halogens is 4. The van der Waals surface area contributed by atoms with Crippen molar-refractivity contribution in [3.8, 4) is 11.3 Å². The molecule has 0 aliphatic carbocycles. The molecule has 2 aromatic heterocycles. The molecular weight excluding hydrogens is 497 g/mol. The molecular formula is C24H26ClF3N6S. The fourth-order valence-corrected chi connectivity index (χ4v) is 4.05. The molecule has 0 saturated heterocycles. The lowest BCUT2D eigenvalue weighted by Gasteiger charge is -2.14. The standard InChI is InChI=1S/C24H25F3N6S.ClH/c1-14-19(9-15(12-28-14)5-4-8-33(2)3)31-23-29-13-16-10-21(34)30-20-11-17(24(25,26)27)6-7-18(20)22(16)32-23;/h6-7,9,11-13H,4-5,8,10H2,1-3H3,(H,30,34)(H,29,31,32);1H. The van der Waals surface area contributed by atoms with Crippen molar-refractivity contribution in [2.75, 3.05) is 31.3 Å². The number of nitrogens with one attached hydrogen (secondary N) is 2. The number of thiocarbonyl (C=S) groups is 1. The van der Waals surface area contributed by atoms with Gasteiger partial charge in [0.05, 0.1) is 27.6 Å². The average molecular weight is 523 g/mol. The number of alkyl halides is 3. The Bertz CT molecular complexity index is 1230. The molecule has 4 rings (SSSR count). The quantitative estimate of drug-likeness (QED) is 0.395. The fraction of sp³-hybridized carbons (Fsp3) is 0.333. The second kappa shape index (κ2) is 10.8. The highest BCUT2D eigenvalue weighted by molar-refractivity contribution is 7.80. The summed E-state index contributed by atoms with van der Waals surface area (Å²) in [6, 6.07) is 5.58. The Hall–Kier alpha value is -2.82. The fourth-order valence-electron chi connectivity index (χ4n) is 3.79. The van der Waals surface area contributed by atoms with E-state index in [-0.39, 0.29) is 18.1 Å². The third-order valence-electron chi connectivity index (χ3n) is 5.55. The monoisotopic (exact) mass is 522 g/mol. The van der Waals surface area contributed by atoms with E-state index in [1.165, 1.54) is 6.07 Å². The number of fused-ring (bicyclic) bond motifs is 3. The van der Waals surface area contributed by atoms with Gasteiger partial charge in [-0.15, -0.1) is 12.4 Å². The van der Waals surface area contributed by atoms with Crippen LogP contribution in [-0.2, 0) is 19.0 Å². The van der Waals surface area contributed by atoms with Crippen molar-refractivity contribution in [3.05, 3.63) is 59.0 Å². The number of hydrogen-bond donors (Lipinski definition) is 2. The van der Waals surface area contributed by atoms with E-state index in [2.05, 4.69) is 30.5 Å². The Labute approximate surface area is 213 Å². The predicted molar refractivity (Wildman–Crippen MR) is 139 cm³/mol. The van der Waals surface area contributed by atoms with Gasteiger partial charge in [-0.1, -0.05) is 18.3 Å². The summed E-state index contributed by atoms with van der Waals surface area (Å²) in [4.78, 5) is 16.1. The van der Waals surface area contributed by atoms with Gasteiger partial charge in [-0.25, -0.2) is 9.97 Å². The Balaban J connectivity index is 0.00000342. The van der Waals surface area contributed by atoms with Gasteiger partial charge in [-0.2, -0.15) is 13.2 Å². The number of aryl methyl sites for hydroxylation is 2. The Kier molecular flexibility index (Phi) is 8.30. The maximum Gasteiger partial charge on any atom is 0.416 e. The van der Waals surface area contributed by atoms with Crippen molar-refractivity contribution in [2.45, 2.75) is 32.4 Å². The molecule has 0 spiro atoms. The summed E-state index contributed by atoms with van der Waals surface area (Å²) in [5.74, 6) is 0.341. The van der Waals surface area contributed by atoms with Gasteiger partial charge < -0.3 is 15.5 Å². The number of anilines is 3. The van der Waals surface area contributed by atoms with E-state index in [9.17, 15) is 13.2 Å². The van der Waals surface area contributed by atoms with E-state index in [0.717, 1.165) is 54.0 Å². The Morgan fingerprint density at radius 1 is 1.14 bits per heavy atom. The van der Waals surface area contributed by atoms with Gasteiger partial charge in [0.1, 0.15) is 0 Å². The van der Waals surface area contributed by atoms with E-state index < -0.39 is 11.7 Å². The summed E-state index contributed by atoms with van der Waals surface area (Å²) in [7, 11) is 4.08. The van der Waals surface area contributed by atoms with Crippen LogP contribution in [0.1, 0.15) is 28.8 Å². The molecule has 1 aromatic carbocycles. The zero-order chi connectivity index (χ0) is 24.5. The highest BCUT2D eigenvalue weighted by Gasteiger charge is 2.32. The van der Waals surface area contributed by atoms with Crippen molar-refractivity contribution in [2.24, 2.45) is 0 Å². The zero-order valence-electron chi connectivity index (χ0n) is 19.5. The minimum atomic E-state index is -4.45. The number of nitrogens with zero attached hydrogens (tertiary/aromatic N) is 4. The van der Waals surface area contributed by atoms with Crippen molar-refractivity contribution < 1.29 is 13.2 Å². The highest BCUT2D eigenvalue weighted by Crippen LogP contribution is 2.38. The summed E-state index contributed by atoms with van der Waals surface area (Å²) in [6.07, 6.45) is 1.32. The number of pyridine rings is 1. The first-order valence-electron chi connectivity index (χ1n) is 10.8. The van der Waals surface area contributed by atoms with Crippen LogP contribution in [0.25, 0.3) is 11.3 Å². The van der Waals surface area contributed by atoms with Crippen LogP contribution in [0, 0.1) is 6.92 Å². The van der Waals surface area contributed by atoms with Gasteiger partial charge in [0, 0.05) is 35.6 Å². The smallest absolute Gasteiger partial charge is 0.349 e. The first-order valence-corrected chi connectivity index (χ1v) is 11.3. The summed E-state index contributed by atoms with van der Waals surface area (Å²) in [5.41, 5.74) is 4.05. The zero-order valence-corrected chi connectivity index (χ0v) is 21.2. The lowest BCUT2D eigenvalue weighted by Crippen LogP contribution is -2.13. The summed E-state index contributed by atoms with van der Waals surface area (Å²) < 4.78 is 39.7. The molecule has 0 atom stereocenters. The first-order chi connectivity index (χ1) is 16.1. The van der Waals surface area contributed by atoms with Crippen molar-refractivity contribution in [3.63, 3.8) is 0 Å². The highest BCUT2D eigenvalue weighted by atomic mass is 35.5. The maximum atomic E-state index is 13.2. The normalized spacial score (nSPS) is 12.8. The summed E-state index contributed by atoms with van der Waals surface area (Å²) >= 11 is 5.33. The van der Waals surface area contributed by atoms with Crippen LogP contribution >= 0.6 is 24.6 Å². The molecule has 2 N–H and O–H groups in total. The molecule has 186 valence electrons. The second-order valence-corrected chi connectivity index (χ2v) is 9.05. The molecule has 0 bridgehead atoms. The van der Waals surface area contributed by atoms with Crippen LogP contribution in [0.4, 0.5) is 30.5 Å². The largest absolute Gasteiger partial charge is 0.416 e. The molecule has 0 saturated carbocycles. The summed E-state index contributed by atoms with van der Waals surface area (Å²) in [5, 5.41) is 6.16. The molecule has 3 aromatic rings. The van der Waals surface area contributed by atoms with Gasteiger partial charge in [0.2, 0.25) is 5.95 Å². The van der Waals surface area contributed by atoms with Gasteiger partial charge >= 0.3 is 6.18 Å². The minimum absolute atomic E-state index is 0. The van der Waals surface area contributed by atoms with Gasteiger partial charge in [0.15, 0.2) is 0 Å². The van der Waals surface area contributed by atoms with E-state index >= 15 is 0 Å². The van der Waals surface area contributed by atoms with Gasteiger partial charge in [-0.05, 0) is 64.2 Å². The minimum Gasteiger partial charge on any atom is -0.349 e. The van der Waals surface area contributed by atoms with Crippen LogP contribution in [0.15, 0.2) is 36.7 Å². The maximum absolute atomic E-state index is 13.2. The number of rotatable bonds is 6.